The Balaban J connectivity index is 1.90. The summed E-state index contributed by atoms with van der Waals surface area (Å²) in [6.07, 6.45) is 1.08. The molecule has 0 aromatic carbocycles. The van der Waals surface area contributed by atoms with E-state index < -0.39 is 5.91 Å². The number of primary amides is 1. The van der Waals surface area contributed by atoms with E-state index >= 15 is 0 Å². The Morgan fingerprint density at radius 1 is 1.41 bits per heavy atom. The second-order valence-corrected chi connectivity index (χ2v) is 5.97. The van der Waals surface area contributed by atoms with Gasteiger partial charge >= 0.3 is 0 Å². The van der Waals surface area contributed by atoms with Crippen LogP contribution >= 0.6 is 11.3 Å². The number of carbonyl (C=O) groups is 2. The van der Waals surface area contributed by atoms with Crippen molar-refractivity contribution in [3.05, 3.63) is 28.0 Å². The molecular weight excluding hydrogens is 302 g/mol. The minimum Gasteiger partial charge on any atom is -0.369 e. The lowest BCUT2D eigenvalue weighted by Gasteiger charge is -2.03. The molecule has 8 heteroatoms. The molecule has 0 fully saturated rings. The number of rotatable bonds is 6. The van der Waals surface area contributed by atoms with Crippen LogP contribution in [-0.4, -0.2) is 26.6 Å². The number of thiazole rings is 1. The Bertz CT molecular complexity index is 704. The summed E-state index contributed by atoms with van der Waals surface area (Å²) in [5.74, 6) is -0.548. The number of nitrogens with zero attached hydrogens (tertiary/aromatic N) is 3. The third kappa shape index (κ3) is 3.91. The van der Waals surface area contributed by atoms with Crippen molar-refractivity contribution in [3.63, 3.8) is 0 Å². The summed E-state index contributed by atoms with van der Waals surface area (Å²) in [5.41, 5.74) is 8.81. The average Bonchev–Trinajstić information content (AvgIpc) is 2.93. The van der Waals surface area contributed by atoms with Gasteiger partial charge in [-0.2, -0.15) is 5.10 Å². The van der Waals surface area contributed by atoms with Crippen LogP contribution < -0.4 is 11.1 Å². The van der Waals surface area contributed by atoms with Crippen molar-refractivity contribution in [1.29, 1.82) is 0 Å². The van der Waals surface area contributed by atoms with Crippen molar-refractivity contribution in [2.24, 2.45) is 12.8 Å². The summed E-state index contributed by atoms with van der Waals surface area (Å²) in [4.78, 5) is 27.0. The number of amides is 2. The van der Waals surface area contributed by atoms with Crippen LogP contribution in [0.3, 0.4) is 0 Å². The minimum absolute atomic E-state index is 0.0838. The molecule has 2 aromatic rings. The Morgan fingerprint density at radius 3 is 2.73 bits per heavy atom. The van der Waals surface area contributed by atoms with Crippen LogP contribution in [0, 0.1) is 13.8 Å². The van der Waals surface area contributed by atoms with Gasteiger partial charge in [0, 0.05) is 24.5 Å². The number of nitrogens with one attached hydrogen (secondary N) is 1. The molecule has 7 nitrogen and oxygen atoms in total. The van der Waals surface area contributed by atoms with Crippen molar-refractivity contribution in [1.82, 2.24) is 14.8 Å². The molecule has 0 aliphatic carbocycles. The zero-order valence-corrected chi connectivity index (χ0v) is 13.7. The third-order valence-electron chi connectivity index (χ3n) is 3.41. The van der Waals surface area contributed by atoms with Crippen LogP contribution in [0.5, 0.6) is 0 Å². The average molecular weight is 321 g/mol. The van der Waals surface area contributed by atoms with Crippen LogP contribution in [0.15, 0.2) is 5.38 Å². The lowest BCUT2D eigenvalue weighted by molar-refractivity contribution is -0.117. The number of aromatic nitrogens is 3. The SMILES string of the molecule is Cc1nn(C)c(C)c1CCC(=O)Nc1nc(CC(N)=O)cs1. The quantitative estimate of drug-likeness (QED) is 0.831. The monoisotopic (exact) mass is 321 g/mol. The summed E-state index contributed by atoms with van der Waals surface area (Å²) in [7, 11) is 1.89. The molecule has 0 saturated carbocycles. The molecular formula is C14H19N5O2S. The Kier molecular flexibility index (Phi) is 4.92. The van der Waals surface area contributed by atoms with E-state index in [4.69, 9.17) is 5.73 Å². The van der Waals surface area contributed by atoms with Gasteiger partial charge in [-0.05, 0) is 25.8 Å². The molecule has 0 radical (unpaired) electrons. The Morgan fingerprint density at radius 2 is 2.14 bits per heavy atom. The minimum atomic E-state index is -0.439. The zero-order valence-electron chi connectivity index (χ0n) is 12.8. The molecule has 0 bridgehead atoms. The van der Waals surface area contributed by atoms with E-state index in [1.165, 1.54) is 11.3 Å². The van der Waals surface area contributed by atoms with E-state index in [1.54, 1.807) is 5.38 Å². The summed E-state index contributed by atoms with van der Waals surface area (Å²) < 4.78 is 1.82. The van der Waals surface area contributed by atoms with Gasteiger partial charge in [-0.15, -0.1) is 11.3 Å². The fourth-order valence-corrected chi connectivity index (χ4v) is 2.95. The molecule has 0 aliphatic heterocycles. The van der Waals surface area contributed by atoms with Crippen LogP contribution in [0.1, 0.15) is 29.1 Å². The fraction of sp³-hybridized carbons (Fsp3) is 0.429. The van der Waals surface area contributed by atoms with Gasteiger partial charge in [0.15, 0.2) is 5.13 Å². The predicted octanol–water partition coefficient (Wildman–Crippen LogP) is 1.09. The summed E-state index contributed by atoms with van der Waals surface area (Å²) in [6.45, 7) is 3.93. The van der Waals surface area contributed by atoms with Gasteiger partial charge in [0.25, 0.3) is 0 Å². The summed E-state index contributed by atoms with van der Waals surface area (Å²) in [5, 5.41) is 9.28. The molecule has 118 valence electrons. The fourth-order valence-electron chi connectivity index (χ4n) is 2.22. The number of hydrogen-bond acceptors (Lipinski definition) is 5. The third-order valence-corrected chi connectivity index (χ3v) is 4.22. The van der Waals surface area contributed by atoms with Gasteiger partial charge in [0.05, 0.1) is 17.8 Å². The highest BCUT2D eigenvalue weighted by molar-refractivity contribution is 7.13. The van der Waals surface area contributed by atoms with E-state index in [1.807, 2.05) is 25.6 Å². The number of anilines is 1. The molecule has 0 spiro atoms. The largest absolute Gasteiger partial charge is 0.369 e. The molecule has 2 amide bonds. The van der Waals surface area contributed by atoms with Crippen molar-refractivity contribution in [2.45, 2.75) is 33.1 Å². The van der Waals surface area contributed by atoms with Crippen molar-refractivity contribution >= 4 is 28.3 Å². The van der Waals surface area contributed by atoms with Crippen molar-refractivity contribution in [3.8, 4) is 0 Å². The van der Waals surface area contributed by atoms with E-state index in [2.05, 4.69) is 15.4 Å². The second-order valence-electron chi connectivity index (χ2n) is 5.11. The first kappa shape index (κ1) is 16.2. The maximum atomic E-state index is 12.0. The molecule has 0 saturated heterocycles. The van der Waals surface area contributed by atoms with Crippen LogP contribution in [0.4, 0.5) is 5.13 Å². The Hall–Kier alpha value is -2.22. The maximum absolute atomic E-state index is 12.0. The lowest BCUT2D eigenvalue weighted by atomic mass is 10.1. The molecule has 0 unspecified atom stereocenters. The molecule has 2 heterocycles. The highest BCUT2D eigenvalue weighted by Crippen LogP contribution is 2.17. The van der Waals surface area contributed by atoms with Gasteiger partial charge < -0.3 is 11.1 Å². The first-order valence-corrected chi connectivity index (χ1v) is 7.76. The first-order valence-electron chi connectivity index (χ1n) is 6.88. The van der Waals surface area contributed by atoms with E-state index in [0.29, 0.717) is 23.7 Å². The van der Waals surface area contributed by atoms with Gasteiger partial charge in [-0.25, -0.2) is 4.98 Å². The summed E-state index contributed by atoms with van der Waals surface area (Å²) >= 11 is 1.28. The van der Waals surface area contributed by atoms with E-state index in [-0.39, 0.29) is 12.3 Å². The van der Waals surface area contributed by atoms with Crippen LogP contribution in [0.2, 0.25) is 0 Å². The van der Waals surface area contributed by atoms with Crippen LogP contribution in [-0.2, 0) is 29.5 Å². The number of nitrogens with two attached hydrogens (primary N) is 1. The molecule has 3 N–H and O–H groups in total. The van der Waals surface area contributed by atoms with E-state index in [9.17, 15) is 9.59 Å². The molecule has 2 rings (SSSR count). The summed E-state index contributed by atoms with van der Waals surface area (Å²) in [6, 6.07) is 0. The highest BCUT2D eigenvalue weighted by Gasteiger charge is 2.12. The second kappa shape index (κ2) is 6.69. The number of carbonyl (C=O) groups excluding carboxylic acids is 2. The molecule has 0 atom stereocenters. The topological polar surface area (TPSA) is 103 Å². The highest BCUT2D eigenvalue weighted by atomic mass is 32.1. The molecule has 22 heavy (non-hydrogen) atoms. The normalized spacial score (nSPS) is 10.7. The predicted molar refractivity (Wildman–Crippen MR) is 84.6 cm³/mol. The van der Waals surface area contributed by atoms with Crippen molar-refractivity contribution in [2.75, 3.05) is 5.32 Å². The van der Waals surface area contributed by atoms with Gasteiger partial charge in [0.1, 0.15) is 0 Å². The van der Waals surface area contributed by atoms with Crippen molar-refractivity contribution < 1.29 is 9.59 Å². The molecule has 0 aliphatic rings. The lowest BCUT2D eigenvalue weighted by Crippen LogP contribution is -2.15. The van der Waals surface area contributed by atoms with Gasteiger partial charge in [-0.3, -0.25) is 14.3 Å². The maximum Gasteiger partial charge on any atom is 0.226 e. The standard InChI is InChI=1S/C14H19N5O2S/c1-8-11(9(2)19(3)18-8)4-5-13(21)17-14-16-10(7-22-14)6-12(15)20/h7H,4-6H2,1-3H3,(H2,15,20)(H,16,17,21). The smallest absolute Gasteiger partial charge is 0.226 e. The number of aryl methyl sites for hydroxylation is 2. The van der Waals surface area contributed by atoms with Gasteiger partial charge in [0.2, 0.25) is 11.8 Å². The van der Waals surface area contributed by atoms with Crippen LogP contribution in [0.25, 0.3) is 0 Å². The van der Waals surface area contributed by atoms with E-state index in [0.717, 1.165) is 17.0 Å². The molecule has 2 aromatic heterocycles. The first-order chi connectivity index (χ1) is 10.4. The van der Waals surface area contributed by atoms with Gasteiger partial charge in [-0.1, -0.05) is 0 Å². The zero-order chi connectivity index (χ0) is 16.3. The number of hydrogen-bond donors (Lipinski definition) is 2. The Labute approximate surface area is 132 Å².